The number of ether oxygens (including phenoxy) is 1. The molecule has 1 aliphatic rings. The Morgan fingerprint density at radius 2 is 1.94 bits per heavy atom. The molecule has 0 saturated heterocycles. The Labute approximate surface area is 104 Å². The van der Waals surface area contributed by atoms with E-state index in [4.69, 9.17) is 4.74 Å². The fourth-order valence-corrected chi connectivity index (χ4v) is 1.95. The maximum Gasteiger partial charge on any atom is 0.407 e. The van der Waals surface area contributed by atoms with Crippen molar-refractivity contribution in [2.75, 3.05) is 6.54 Å². The van der Waals surface area contributed by atoms with Crippen LogP contribution in [0.3, 0.4) is 0 Å². The molecule has 1 amide bonds. The van der Waals surface area contributed by atoms with Gasteiger partial charge < -0.3 is 15.4 Å². The Bertz CT molecular complexity index is 265. The molecule has 1 aliphatic carbocycles. The third-order valence-corrected chi connectivity index (χ3v) is 2.72. The lowest BCUT2D eigenvalue weighted by Crippen LogP contribution is -2.40. The average Bonchev–Trinajstić information content (AvgIpc) is 2.80. The van der Waals surface area contributed by atoms with Gasteiger partial charge in [-0.2, -0.15) is 0 Å². The largest absolute Gasteiger partial charge is 0.444 e. The van der Waals surface area contributed by atoms with Gasteiger partial charge in [0.25, 0.3) is 0 Å². The Hall–Kier alpha value is -0.770. The van der Waals surface area contributed by atoms with Crippen molar-refractivity contribution in [2.24, 2.45) is 0 Å². The summed E-state index contributed by atoms with van der Waals surface area (Å²) in [5, 5.41) is 6.37. The minimum Gasteiger partial charge on any atom is -0.444 e. The summed E-state index contributed by atoms with van der Waals surface area (Å²) in [6, 6.07) is 0.499. The van der Waals surface area contributed by atoms with Crippen molar-refractivity contribution in [3.05, 3.63) is 0 Å². The third-order valence-electron chi connectivity index (χ3n) is 2.72. The van der Waals surface area contributed by atoms with E-state index in [2.05, 4.69) is 24.5 Å². The van der Waals surface area contributed by atoms with Crippen molar-refractivity contribution in [3.8, 4) is 0 Å². The molecule has 0 spiro atoms. The number of rotatable bonds is 5. The molecule has 0 aromatic rings. The van der Waals surface area contributed by atoms with Gasteiger partial charge in [-0.1, -0.05) is 13.8 Å². The Morgan fingerprint density at radius 3 is 2.35 bits per heavy atom. The van der Waals surface area contributed by atoms with Crippen molar-refractivity contribution >= 4 is 6.09 Å². The fourth-order valence-electron chi connectivity index (χ4n) is 1.95. The van der Waals surface area contributed by atoms with E-state index in [9.17, 15) is 4.79 Å². The Kier molecular flexibility index (Phi) is 4.42. The molecule has 0 aromatic heterocycles. The fraction of sp³-hybridized carbons (Fsp3) is 0.923. The van der Waals surface area contributed by atoms with Crippen LogP contribution in [0.1, 0.15) is 53.9 Å². The smallest absolute Gasteiger partial charge is 0.407 e. The lowest BCUT2D eigenvalue weighted by atomic mass is 10.1. The molecular formula is C13H26N2O2. The lowest BCUT2D eigenvalue weighted by molar-refractivity contribution is 0.0525. The first-order chi connectivity index (χ1) is 7.72. The van der Waals surface area contributed by atoms with Gasteiger partial charge in [0.05, 0.1) is 0 Å². The molecule has 0 radical (unpaired) electrons. The molecule has 100 valence electrons. The molecule has 4 nitrogen and oxygen atoms in total. The zero-order chi connectivity index (χ0) is 13.1. The first-order valence-corrected chi connectivity index (χ1v) is 6.47. The van der Waals surface area contributed by atoms with E-state index >= 15 is 0 Å². The number of hydrogen-bond acceptors (Lipinski definition) is 3. The normalized spacial score (nSPS) is 18.0. The SMILES string of the molecule is CC(C)NC1(CCNC(=O)OC(C)(C)C)CC1. The summed E-state index contributed by atoms with van der Waals surface area (Å²) in [5.41, 5.74) is -0.152. The standard InChI is InChI=1S/C13H26N2O2/c1-10(2)15-13(6-7-13)8-9-14-11(16)17-12(3,4)5/h10,15H,6-9H2,1-5H3,(H,14,16). The predicted molar refractivity (Wildman–Crippen MR) is 69.1 cm³/mol. The highest BCUT2D eigenvalue weighted by Gasteiger charge is 2.42. The molecule has 0 unspecified atom stereocenters. The summed E-state index contributed by atoms with van der Waals surface area (Å²) in [4.78, 5) is 11.4. The highest BCUT2D eigenvalue weighted by Crippen LogP contribution is 2.38. The second-order valence-electron chi connectivity index (χ2n) is 6.26. The quantitative estimate of drug-likeness (QED) is 0.778. The maximum atomic E-state index is 11.4. The zero-order valence-corrected chi connectivity index (χ0v) is 11.7. The summed E-state index contributed by atoms with van der Waals surface area (Å²) in [7, 11) is 0. The summed E-state index contributed by atoms with van der Waals surface area (Å²) in [6.07, 6.45) is 3.07. The van der Waals surface area contributed by atoms with Crippen molar-refractivity contribution in [1.29, 1.82) is 0 Å². The number of amides is 1. The van der Waals surface area contributed by atoms with Crippen LogP contribution in [0.15, 0.2) is 0 Å². The number of hydrogen-bond donors (Lipinski definition) is 2. The van der Waals surface area contributed by atoms with E-state index in [1.165, 1.54) is 12.8 Å². The van der Waals surface area contributed by atoms with E-state index in [0.717, 1.165) is 6.42 Å². The molecule has 2 N–H and O–H groups in total. The van der Waals surface area contributed by atoms with E-state index in [1.54, 1.807) is 0 Å². The summed E-state index contributed by atoms with van der Waals surface area (Å²) < 4.78 is 5.18. The van der Waals surface area contributed by atoms with Crippen LogP contribution < -0.4 is 10.6 Å². The van der Waals surface area contributed by atoms with Crippen molar-refractivity contribution in [2.45, 2.75) is 71.1 Å². The minimum absolute atomic E-state index is 0.267. The Balaban J connectivity index is 2.18. The second kappa shape index (κ2) is 5.25. The maximum absolute atomic E-state index is 11.4. The molecule has 1 rings (SSSR count). The number of carbonyl (C=O) groups is 1. The van der Waals surface area contributed by atoms with Gasteiger partial charge in [-0.05, 0) is 40.0 Å². The van der Waals surface area contributed by atoms with Gasteiger partial charge in [-0.25, -0.2) is 4.79 Å². The topological polar surface area (TPSA) is 50.4 Å². The third kappa shape index (κ3) is 5.91. The van der Waals surface area contributed by atoms with Crippen molar-refractivity contribution in [3.63, 3.8) is 0 Å². The first kappa shape index (κ1) is 14.3. The zero-order valence-electron chi connectivity index (χ0n) is 11.7. The predicted octanol–water partition coefficient (Wildman–Crippen LogP) is 2.43. The van der Waals surface area contributed by atoms with E-state index < -0.39 is 5.60 Å². The van der Waals surface area contributed by atoms with Gasteiger partial charge >= 0.3 is 6.09 Å². The first-order valence-electron chi connectivity index (χ1n) is 6.47. The van der Waals surface area contributed by atoms with Crippen LogP contribution in [0.4, 0.5) is 4.79 Å². The molecule has 17 heavy (non-hydrogen) atoms. The molecule has 1 saturated carbocycles. The highest BCUT2D eigenvalue weighted by atomic mass is 16.6. The summed E-state index contributed by atoms with van der Waals surface area (Å²) in [5.74, 6) is 0. The lowest BCUT2D eigenvalue weighted by Gasteiger charge is -2.22. The van der Waals surface area contributed by atoms with Crippen LogP contribution >= 0.6 is 0 Å². The molecule has 1 fully saturated rings. The van der Waals surface area contributed by atoms with E-state index in [-0.39, 0.29) is 11.6 Å². The number of alkyl carbamates (subject to hydrolysis) is 1. The van der Waals surface area contributed by atoms with Crippen molar-refractivity contribution in [1.82, 2.24) is 10.6 Å². The van der Waals surface area contributed by atoms with E-state index in [1.807, 2.05) is 20.8 Å². The molecule has 4 heteroatoms. The average molecular weight is 242 g/mol. The van der Waals surface area contributed by atoms with Gasteiger partial charge in [0, 0.05) is 18.1 Å². The molecule has 0 heterocycles. The van der Waals surface area contributed by atoms with E-state index in [0.29, 0.717) is 12.6 Å². The van der Waals surface area contributed by atoms with Crippen molar-refractivity contribution < 1.29 is 9.53 Å². The number of carbonyl (C=O) groups excluding carboxylic acids is 1. The molecular weight excluding hydrogens is 216 g/mol. The van der Waals surface area contributed by atoms with Crippen LogP contribution in [-0.2, 0) is 4.74 Å². The van der Waals surface area contributed by atoms with Gasteiger partial charge in [-0.3, -0.25) is 0 Å². The highest BCUT2D eigenvalue weighted by molar-refractivity contribution is 5.67. The summed E-state index contributed by atoms with van der Waals surface area (Å²) >= 11 is 0. The van der Waals surface area contributed by atoms with Gasteiger partial charge in [0.1, 0.15) is 5.60 Å². The van der Waals surface area contributed by atoms with Gasteiger partial charge in [-0.15, -0.1) is 0 Å². The molecule has 0 bridgehead atoms. The van der Waals surface area contributed by atoms with Crippen LogP contribution in [0.5, 0.6) is 0 Å². The minimum atomic E-state index is -0.419. The number of nitrogens with one attached hydrogen (secondary N) is 2. The summed E-state index contributed by atoms with van der Waals surface area (Å²) in [6.45, 7) is 10.6. The Morgan fingerprint density at radius 1 is 1.35 bits per heavy atom. The van der Waals surface area contributed by atoms with Crippen LogP contribution in [0.2, 0.25) is 0 Å². The van der Waals surface area contributed by atoms with Gasteiger partial charge in [0.15, 0.2) is 0 Å². The molecule has 0 aliphatic heterocycles. The van der Waals surface area contributed by atoms with Crippen LogP contribution in [0, 0.1) is 0 Å². The molecule has 0 aromatic carbocycles. The van der Waals surface area contributed by atoms with Gasteiger partial charge in [0.2, 0.25) is 0 Å². The van der Waals surface area contributed by atoms with Crippen LogP contribution in [0.25, 0.3) is 0 Å². The monoisotopic (exact) mass is 242 g/mol. The van der Waals surface area contributed by atoms with Crippen LogP contribution in [-0.4, -0.2) is 29.8 Å². The second-order valence-corrected chi connectivity index (χ2v) is 6.26. The molecule has 0 atom stereocenters.